The fraction of sp³-hybridized carbons (Fsp3) is 0.400. The first-order valence-electron chi connectivity index (χ1n) is 9.11. The lowest BCUT2D eigenvalue weighted by Gasteiger charge is -2.32. The lowest BCUT2D eigenvalue weighted by Crippen LogP contribution is -2.41. The van der Waals surface area contributed by atoms with Crippen LogP contribution in [-0.2, 0) is 0 Å². The Balaban J connectivity index is 1.66. The fourth-order valence-corrected chi connectivity index (χ4v) is 3.86. The van der Waals surface area contributed by atoms with Gasteiger partial charge in [-0.05, 0) is 55.4 Å². The highest BCUT2D eigenvalue weighted by Gasteiger charge is 2.25. The van der Waals surface area contributed by atoms with E-state index in [1.807, 2.05) is 22.4 Å². The zero-order valence-corrected chi connectivity index (χ0v) is 15.8. The lowest BCUT2D eigenvalue weighted by molar-refractivity contribution is 0.0691. The van der Waals surface area contributed by atoms with Gasteiger partial charge in [-0.25, -0.2) is 0 Å². The Labute approximate surface area is 158 Å². The third kappa shape index (κ3) is 4.51. The molecule has 2 N–H and O–H groups in total. The predicted octanol–water partition coefficient (Wildman–Crippen LogP) is 3.46. The summed E-state index contributed by atoms with van der Waals surface area (Å²) in [7, 11) is 0. The third-order valence-electron chi connectivity index (χ3n) is 4.77. The number of carbonyl (C=O) groups is 2. The lowest BCUT2D eigenvalue weighted by atomic mass is 9.96. The van der Waals surface area contributed by atoms with E-state index in [-0.39, 0.29) is 11.8 Å². The molecule has 2 amide bonds. The molecule has 1 aliphatic heterocycles. The molecule has 0 radical (unpaired) electrons. The topological polar surface area (TPSA) is 61.4 Å². The molecule has 1 fully saturated rings. The first-order valence-corrected chi connectivity index (χ1v) is 10.1. The summed E-state index contributed by atoms with van der Waals surface area (Å²) >= 11 is 1.48. The van der Waals surface area contributed by atoms with Crippen LogP contribution >= 0.6 is 11.3 Å². The maximum Gasteiger partial charge on any atom is 0.256 e. The molecule has 1 aromatic heterocycles. The zero-order valence-electron chi connectivity index (χ0n) is 15.0. The van der Waals surface area contributed by atoms with Crippen LogP contribution < -0.4 is 10.6 Å². The summed E-state index contributed by atoms with van der Waals surface area (Å²) in [4.78, 5) is 27.2. The predicted molar refractivity (Wildman–Crippen MR) is 106 cm³/mol. The van der Waals surface area contributed by atoms with E-state index in [9.17, 15) is 9.59 Å². The summed E-state index contributed by atoms with van der Waals surface area (Å²) in [5, 5.41) is 9.93. The van der Waals surface area contributed by atoms with Crippen molar-refractivity contribution < 1.29 is 9.59 Å². The van der Waals surface area contributed by atoms with Crippen molar-refractivity contribution in [3.63, 3.8) is 0 Å². The van der Waals surface area contributed by atoms with Crippen molar-refractivity contribution >= 4 is 28.8 Å². The first-order chi connectivity index (χ1) is 12.7. The van der Waals surface area contributed by atoms with Gasteiger partial charge in [0, 0.05) is 18.5 Å². The first kappa shape index (κ1) is 18.6. The summed E-state index contributed by atoms with van der Waals surface area (Å²) < 4.78 is 0. The molecule has 6 heteroatoms. The highest BCUT2D eigenvalue weighted by atomic mass is 32.1. The molecular weight excluding hydrogens is 346 g/mol. The number of anilines is 1. The number of hydrogen-bond acceptors (Lipinski definition) is 4. The van der Waals surface area contributed by atoms with E-state index in [1.165, 1.54) is 11.3 Å². The van der Waals surface area contributed by atoms with Crippen LogP contribution in [0.2, 0.25) is 0 Å². The molecule has 2 aromatic rings. The molecule has 0 unspecified atom stereocenters. The van der Waals surface area contributed by atoms with Gasteiger partial charge in [-0.2, -0.15) is 11.3 Å². The second-order valence-electron chi connectivity index (χ2n) is 6.55. The van der Waals surface area contributed by atoms with Gasteiger partial charge in [0.15, 0.2) is 0 Å². The van der Waals surface area contributed by atoms with Gasteiger partial charge < -0.3 is 15.5 Å². The molecule has 0 bridgehead atoms. The van der Waals surface area contributed by atoms with E-state index in [1.54, 1.807) is 23.6 Å². The number of piperidine rings is 1. The highest BCUT2D eigenvalue weighted by molar-refractivity contribution is 7.08. The van der Waals surface area contributed by atoms with E-state index < -0.39 is 0 Å². The quantitative estimate of drug-likeness (QED) is 0.817. The highest BCUT2D eigenvalue weighted by Crippen LogP contribution is 2.23. The van der Waals surface area contributed by atoms with Crippen LogP contribution in [0.3, 0.4) is 0 Å². The van der Waals surface area contributed by atoms with Crippen molar-refractivity contribution in [1.82, 2.24) is 10.2 Å². The summed E-state index contributed by atoms with van der Waals surface area (Å²) in [6, 6.07) is 9.03. The molecule has 1 aliphatic rings. The smallest absolute Gasteiger partial charge is 0.256 e. The van der Waals surface area contributed by atoms with Crippen LogP contribution in [0.5, 0.6) is 0 Å². The minimum Gasteiger partial charge on any atom is -0.339 e. The Morgan fingerprint density at radius 3 is 2.65 bits per heavy atom. The molecule has 1 aromatic carbocycles. The van der Waals surface area contributed by atoms with Gasteiger partial charge in [-0.3, -0.25) is 9.59 Å². The number of likely N-dealkylation sites (tertiary alicyclic amines) is 1. The molecule has 138 valence electrons. The largest absolute Gasteiger partial charge is 0.339 e. The third-order valence-corrected chi connectivity index (χ3v) is 5.46. The maximum absolute atomic E-state index is 13.0. The Bertz CT molecular complexity index is 737. The number of nitrogens with zero attached hydrogens (tertiary/aromatic N) is 1. The summed E-state index contributed by atoms with van der Waals surface area (Å²) in [5.41, 5.74) is 1.74. The fourth-order valence-electron chi connectivity index (χ4n) is 3.23. The van der Waals surface area contributed by atoms with Crippen molar-refractivity contribution in [2.24, 2.45) is 5.92 Å². The Morgan fingerprint density at radius 1 is 1.19 bits per heavy atom. The minimum absolute atomic E-state index is 0.00637. The van der Waals surface area contributed by atoms with Crippen LogP contribution in [0.25, 0.3) is 0 Å². The SMILES string of the molecule is CCNCC1CCN(C(=O)c2ccccc2NC(=O)c2ccsc2)CC1. The normalized spacial score (nSPS) is 15.0. The molecule has 3 rings (SSSR count). The van der Waals surface area contributed by atoms with E-state index in [4.69, 9.17) is 0 Å². The Morgan fingerprint density at radius 2 is 1.96 bits per heavy atom. The standard InChI is InChI=1S/C20H25N3O2S/c1-2-21-13-15-7-10-23(11-8-15)20(25)17-5-3-4-6-18(17)22-19(24)16-9-12-26-14-16/h3-6,9,12,14-15,21H,2,7-8,10-11,13H2,1H3,(H,22,24). The number of hydrogen-bond donors (Lipinski definition) is 2. The molecule has 2 heterocycles. The molecule has 0 aliphatic carbocycles. The van der Waals surface area contributed by atoms with Crippen molar-refractivity contribution in [3.05, 3.63) is 52.2 Å². The van der Waals surface area contributed by atoms with Gasteiger partial charge in [-0.15, -0.1) is 0 Å². The average Bonchev–Trinajstić information content (AvgIpc) is 3.22. The number of rotatable bonds is 6. The Kier molecular flexibility index (Phi) is 6.41. The minimum atomic E-state index is -0.184. The zero-order chi connectivity index (χ0) is 18.4. The molecule has 0 spiro atoms. The number of amides is 2. The van der Waals surface area contributed by atoms with Gasteiger partial charge in [0.25, 0.3) is 11.8 Å². The van der Waals surface area contributed by atoms with Crippen molar-refractivity contribution in [2.45, 2.75) is 19.8 Å². The van der Waals surface area contributed by atoms with E-state index in [0.29, 0.717) is 22.7 Å². The van der Waals surface area contributed by atoms with Crippen LogP contribution in [0.15, 0.2) is 41.1 Å². The van der Waals surface area contributed by atoms with Gasteiger partial charge in [0.2, 0.25) is 0 Å². The van der Waals surface area contributed by atoms with Gasteiger partial charge in [0.1, 0.15) is 0 Å². The van der Waals surface area contributed by atoms with Gasteiger partial charge in [0.05, 0.1) is 16.8 Å². The van der Waals surface area contributed by atoms with Crippen molar-refractivity contribution in [2.75, 3.05) is 31.5 Å². The van der Waals surface area contributed by atoms with Crippen molar-refractivity contribution in [3.8, 4) is 0 Å². The molecule has 0 saturated carbocycles. The van der Waals surface area contributed by atoms with Crippen LogP contribution in [0, 0.1) is 5.92 Å². The second-order valence-corrected chi connectivity index (χ2v) is 7.34. The molecule has 0 atom stereocenters. The second kappa shape index (κ2) is 8.96. The average molecular weight is 372 g/mol. The summed E-state index contributed by atoms with van der Waals surface area (Å²) in [5.74, 6) is 0.441. The Hall–Kier alpha value is -2.18. The molecular formula is C20H25N3O2S. The van der Waals surface area contributed by atoms with E-state index >= 15 is 0 Å². The maximum atomic E-state index is 13.0. The summed E-state index contributed by atoms with van der Waals surface area (Å²) in [6.45, 7) is 5.64. The number of benzene rings is 1. The monoisotopic (exact) mass is 371 g/mol. The van der Waals surface area contributed by atoms with E-state index in [0.717, 1.165) is 39.0 Å². The summed E-state index contributed by atoms with van der Waals surface area (Å²) in [6.07, 6.45) is 2.03. The van der Waals surface area contributed by atoms with Crippen LogP contribution in [0.4, 0.5) is 5.69 Å². The van der Waals surface area contributed by atoms with Gasteiger partial charge >= 0.3 is 0 Å². The number of nitrogens with one attached hydrogen (secondary N) is 2. The van der Waals surface area contributed by atoms with Crippen LogP contribution in [0.1, 0.15) is 40.5 Å². The molecule has 1 saturated heterocycles. The van der Waals surface area contributed by atoms with Crippen molar-refractivity contribution in [1.29, 1.82) is 0 Å². The van der Waals surface area contributed by atoms with E-state index in [2.05, 4.69) is 17.6 Å². The number of carbonyl (C=O) groups excluding carboxylic acids is 2. The molecule has 26 heavy (non-hydrogen) atoms. The molecule has 5 nitrogen and oxygen atoms in total. The number of para-hydroxylation sites is 1. The van der Waals surface area contributed by atoms with Gasteiger partial charge in [-0.1, -0.05) is 19.1 Å². The van der Waals surface area contributed by atoms with Crippen LogP contribution in [-0.4, -0.2) is 42.9 Å². The number of thiophene rings is 1.